The zero-order valence-electron chi connectivity index (χ0n) is 24.5. The summed E-state index contributed by atoms with van der Waals surface area (Å²) in [6, 6.07) is 40.3. The fourth-order valence-corrected chi connectivity index (χ4v) is 8.26. The molecule has 1 aliphatic rings. The monoisotopic (exact) mass is 571 g/mol. The van der Waals surface area contributed by atoms with Gasteiger partial charge in [0.25, 0.3) is 0 Å². The molecule has 0 saturated heterocycles. The Morgan fingerprint density at radius 1 is 0.714 bits per heavy atom. The summed E-state index contributed by atoms with van der Waals surface area (Å²) < 4.78 is 12.2. The van der Waals surface area contributed by atoms with Crippen LogP contribution in [0.4, 0.5) is 0 Å². The maximum atomic E-state index is 13.1. The smallest absolute Gasteiger partial charge is 0.345 e. The van der Waals surface area contributed by atoms with Crippen molar-refractivity contribution in [2.24, 2.45) is 0 Å². The normalized spacial score (nSPS) is 12.1. The van der Waals surface area contributed by atoms with Gasteiger partial charge in [0.1, 0.15) is 11.4 Å². The van der Waals surface area contributed by atoms with Crippen LogP contribution >= 0.6 is 0 Å². The third-order valence-electron chi connectivity index (χ3n) is 7.83. The number of hydrogen-bond donors (Lipinski definition) is 0. The molecule has 4 heteroatoms. The van der Waals surface area contributed by atoms with Gasteiger partial charge in [-0.15, -0.1) is 0 Å². The number of ether oxygens (including phenoxy) is 2. The lowest BCUT2D eigenvalue weighted by Gasteiger charge is -2.28. The van der Waals surface area contributed by atoms with Crippen LogP contribution in [0.5, 0.6) is 5.75 Å². The van der Waals surface area contributed by atoms with Crippen molar-refractivity contribution < 1.29 is 14.3 Å². The van der Waals surface area contributed by atoms with Crippen molar-refractivity contribution in [2.45, 2.75) is 54.4 Å². The van der Waals surface area contributed by atoms with E-state index in [0.29, 0.717) is 0 Å². The average molecular weight is 572 g/mol. The molecule has 0 radical (unpaired) electrons. The van der Waals surface area contributed by atoms with E-state index in [1.807, 2.05) is 39.8 Å². The highest BCUT2D eigenvalue weighted by Crippen LogP contribution is 2.42. The van der Waals surface area contributed by atoms with Crippen LogP contribution < -0.4 is 4.74 Å². The Kier molecular flexibility index (Phi) is 7.66. The SMILES string of the molecule is Cc1cc([S+](c2ccccc2)c2ccccc2)cc(C)c1OCC(=O)OC(C)(C)c1cccc2c1Cc1ccccc1-2. The van der Waals surface area contributed by atoms with Crippen LogP contribution in [0.2, 0.25) is 0 Å². The van der Waals surface area contributed by atoms with Gasteiger partial charge in [0.2, 0.25) is 0 Å². The van der Waals surface area contributed by atoms with Gasteiger partial charge >= 0.3 is 5.97 Å². The first kappa shape index (κ1) is 27.9. The Bertz CT molecular complexity index is 1680. The number of carbonyl (C=O) groups is 1. The molecule has 0 spiro atoms. The number of rotatable bonds is 8. The van der Waals surface area contributed by atoms with Gasteiger partial charge in [0.05, 0.1) is 10.9 Å². The fraction of sp³-hybridized carbons (Fsp3) is 0.184. The number of aryl methyl sites for hydroxylation is 2. The zero-order chi connectivity index (χ0) is 29.3. The highest BCUT2D eigenvalue weighted by Gasteiger charge is 2.33. The van der Waals surface area contributed by atoms with Gasteiger partial charge in [-0.25, -0.2) is 4.79 Å². The lowest BCUT2D eigenvalue weighted by Crippen LogP contribution is -2.29. The lowest BCUT2D eigenvalue weighted by molar-refractivity contribution is -0.159. The Morgan fingerprint density at radius 2 is 1.29 bits per heavy atom. The maximum Gasteiger partial charge on any atom is 0.345 e. The van der Waals surface area contributed by atoms with Crippen molar-refractivity contribution in [1.29, 1.82) is 0 Å². The highest BCUT2D eigenvalue weighted by molar-refractivity contribution is 7.97. The molecular weight excluding hydrogens is 536 g/mol. The maximum absolute atomic E-state index is 13.1. The van der Waals surface area contributed by atoms with E-state index in [1.54, 1.807) is 0 Å². The summed E-state index contributed by atoms with van der Waals surface area (Å²) in [7, 11) is -0.253. The largest absolute Gasteiger partial charge is 0.481 e. The molecule has 42 heavy (non-hydrogen) atoms. The lowest BCUT2D eigenvalue weighted by atomic mass is 9.90. The average Bonchev–Trinajstić information content (AvgIpc) is 3.37. The minimum Gasteiger partial charge on any atom is -0.481 e. The van der Waals surface area contributed by atoms with Crippen LogP contribution in [-0.4, -0.2) is 12.6 Å². The van der Waals surface area contributed by atoms with Crippen LogP contribution in [0.3, 0.4) is 0 Å². The zero-order valence-corrected chi connectivity index (χ0v) is 25.3. The van der Waals surface area contributed by atoms with Crippen LogP contribution in [0.25, 0.3) is 11.1 Å². The van der Waals surface area contributed by atoms with Crippen molar-refractivity contribution in [2.75, 3.05) is 6.61 Å². The number of carbonyl (C=O) groups excluding carboxylic acids is 1. The molecule has 0 heterocycles. The van der Waals surface area contributed by atoms with Crippen LogP contribution in [-0.2, 0) is 32.4 Å². The van der Waals surface area contributed by atoms with E-state index in [9.17, 15) is 4.79 Å². The van der Waals surface area contributed by atoms with E-state index in [0.717, 1.165) is 28.9 Å². The Balaban J connectivity index is 1.19. The topological polar surface area (TPSA) is 35.5 Å². The van der Waals surface area contributed by atoms with Crippen molar-refractivity contribution in [1.82, 2.24) is 0 Å². The molecule has 0 bridgehead atoms. The molecule has 6 rings (SSSR count). The van der Waals surface area contributed by atoms with Gasteiger partial charge < -0.3 is 9.47 Å². The molecule has 5 aromatic rings. The Hall–Kier alpha value is -4.28. The van der Waals surface area contributed by atoms with E-state index in [2.05, 4.69) is 103 Å². The van der Waals surface area contributed by atoms with E-state index in [1.165, 1.54) is 36.9 Å². The van der Waals surface area contributed by atoms with Crippen molar-refractivity contribution in [3.05, 3.63) is 143 Å². The standard InChI is InChI=1S/C38H35O3S/c1-26-22-31(42(29-15-7-5-8-16-29)30-17-9-6-10-18-30)23-27(2)37(26)40-25-36(39)41-38(3,4)35-21-13-20-33-32-19-12-11-14-28(32)24-34(33)35/h5-23H,24-25H2,1-4H3/q+1. The first-order valence-electron chi connectivity index (χ1n) is 14.3. The second-order valence-corrected chi connectivity index (χ2v) is 13.3. The quantitative estimate of drug-likeness (QED) is 0.135. The molecule has 0 fully saturated rings. The molecule has 1 aliphatic carbocycles. The van der Waals surface area contributed by atoms with Gasteiger partial charge in [-0.2, -0.15) is 0 Å². The first-order chi connectivity index (χ1) is 20.3. The van der Waals surface area contributed by atoms with Gasteiger partial charge in [-0.05, 0) is 97.3 Å². The van der Waals surface area contributed by atoms with Crippen LogP contribution in [0.15, 0.2) is 130 Å². The van der Waals surface area contributed by atoms with Gasteiger partial charge in [-0.3, -0.25) is 0 Å². The summed E-state index contributed by atoms with van der Waals surface area (Å²) in [5.74, 6) is 0.346. The molecule has 0 atom stereocenters. The predicted octanol–water partition coefficient (Wildman–Crippen LogP) is 8.83. The highest BCUT2D eigenvalue weighted by atomic mass is 32.2. The second-order valence-electron chi connectivity index (χ2n) is 11.3. The predicted molar refractivity (Wildman–Crippen MR) is 170 cm³/mol. The molecule has 0 saturated carbocycles. The summed E-state index contributed by atoms with van der Waals surface area (Å²) >= 11 is 0. The third kappa shape index (κ3) is 5.47. The van der Waals surface area contributed by atoms with E-state index in [-0.39, 0.29) is 23.5 Å². The minimum atomic E-state index is -0.790. The van der Waals surface area contributed by atoms with E-state index >= 15 is 0 Å². The van der Waals surface area contributed by atoms with E-state index < -0.39 is 5.60 Å². The molecule has 0 amide bonds. The van der Waals surface area contributed by atoms with Crippen LogP contribution in [0, 0.1) is 13.8 Å². The first-order valence-corrected chi connectivity index (χ1v) is 15.6. The molecule has 210 valence electrons. The number of hydrogen-bond acceptors (Lipinski definition) is 3. The molecule has 0 N–H and O–H groups in total. The molecule has 0 aromatic heterocycles. The summed E-state index contributed by atoms with van der Waals surface area (Å²) in [6.45, 7) is 7.86. The summed E-state index contributed by atoms with van der Waals surface area (Å²) in [6.07, 6.45) is 0.845. The van der Waals surface area contributed by atoms with E-state index in [4.69, 9.17) is 9.47 Å². The third-order valence-corrected chi connectivity index (χ3v) is 10.0. The number of esters is 1. The molecule has 0 unspecified atom stereocenters. The van der Waals surface area contributed by atoms with Crippen molar-refractivity contribution >= 4 is 16.9 Å². The number of fused-ring (bicyclic) bond motifs is 3. The van der Waals surface area contributed by atoms with Crippen molar-refractivity contribution in [3.8, 4) is 16.9 Å². The Labute approximate surface area is 251 Å². The molecule has 5 aromatic carbocycles. The Morgan fingerprint density at radius 3 is 1.93 bits per heavy atom. The molecule has 0 aliphatic heterocycles. The second kappa shape index (κ2) is 11.5. The van der Waals surface area contributed by atoms with Crippen molar-refractivity contribution in [3.63, 3.8) is 0 Å². The van der Waals surface area contributed by atoms with Gasteiger partial charge in [0, 0.05) is 12.1 Å². The summed E-state index contributed by atoms with van der Waals surface area (Å²) in [5, 5.41) is 0. The van der Waals surface area contributed by atoms with Gasteiger partial charge in [-0.1, -0.05) is 78.9 Å². The molecule has 3 nitrogen and oxygen atoms in total. The summed E-state index contributed by atoms with van der Waals surface area (Å²) in [4.78, 5) is 16.9. The minimum absolute atomic E-state index is 0.150. The van der Waals surface area contributed by atoms with Crippen LogP contribution in [0.1, 0.15) is 41.7 Å². The summed E-state index contributed by atoms with van der Waals surface area (Å²) in [5.41, 5.74) is 7.27. The van der Waals surface area contributed by atoms with Gasteiger partial charge in [0.15, 0.2) is 21.3 Å². The number of benzene rings is 5. The fourth-order valence-electron chi connectivity index (χ4n) is 6.00. The molecular formula is C38H35O3S+.